The van der Waals surface area contributed by atoms with Crippen molar-refractivity contribution in [3.63, 3.8) is 0 Å². The Morgan fingerprint density at radius 3 is 1.33 bits per heavy atom. The van der Waals surface area contributed by atoms with Crippen molar-refractivity contribution in [1.82, 2.24) is 0 Å². The quantitative estimate of drug-likeness (QED) is 0.0272. The number of ether oxygens (including phenoxy) is 2. The van der Waals surface area contributed by atoms with Crippen LogP contribution in [0.1, 0.15) is 219 Å². The van der Waals surface area contributed by atoms with E-state index in [-0.39, 0.29) is 19.4 Å². The molecule has 0 radical (unpaired) electrons. The van der Waals surface area contributed by atoms with E-state index in [0.717, 1.165) is 64.2 Å². The van der Waals surface area contributed by atoms with Crippen molar-refractivity contribution in [3.8, 4) is 0 Å². The molecule has 0 rings (SSSR count). The first-order chi connectivity index (χ1) is 26.3. The zero-order valence-electron chi connectivity index (χ0n) is 34.9. The number of allylic oxidation sites excluding steroid dienone is 6. The van der Waals surface area contributed by atoms with Crippen LogP contribution in [0, 0.1) is 0 Å². The van der Waals surface area contributed by atoms with Gasteiger partial charge in [-0.25, -0.2) is 4.57 Å². The summed E-state index contributed by atoms with van der Waals surface area (Å²) in [5, 5.41) is 0. The molecule has 0 aromatic carbocycles. The summed E-state index contributed by atoms with van der Waals surface area (Å²) in [6.07, 6.45) is 48.7. The molecule has 0 saturated carbocycles. The average Bonchev–Trinajstić information content (AvgIpc) is 3.14. The lowest BCUT2D eigenvalue weighted by molar-refractivity contribution is -0.161. The molecule has 1 atom stereocenters. The Balaban J connectivity index is 3.87. The van der Waals surface area contributed by atoms with Gasteiger partial charge in [-0.15, -0.1) is 0 Å². The van der Waals surface area contributed by atoms with Gasteiger partial charge in [0, 0.05) is 12.8 Å². The Bertz CT molecular complexity index is 973. The van der Waals surface area contributed by atoms with Crippen molar-refractivity contribution in [3.05, 3.63) is 36.5 Å². The minimum Gasteiger partial charge on any atom is -0.462 e. The molecule has 0 bridgehead atoms. The molecule has 0 spiro atoms. The van der Waals surface area contributed by atoms with Gasteiger partial charge in [-0.1, -0.05) is 198 Å². The van der Waals surface area contributed by atoms with E-state index >= 15 is 0 Å². The normalized spacial score (nSPS) is 12.7. The van der Waals surface area contributed by atoms with Gasteiger partial charge in [0.1, 0.15) is 6.61 Å². The predicted octanol–water partition coefficient (Wildman–Crippen LogP) is 13.7. The molecule has 9 heteroatoms. The fraction of sp³-hybridized carbons (Fsp3) is 0.822. The van der Waals surface area contributed by atoms with Gasteiger partial charge in [0.25, 0.3) is 0 Å². The molecule has 0 aromatic rings. The second kappa shape index (κ2) is 40.9. The molecular formula is C45H83O8P. The van der Waals surface area contributed by atoms with Crippen molar-refractivity contribution in [2.45, 2.75) is 225 Å². The van der Waals surface area contributed by atoms with Crippen LogP contribution in [0.4, 0.5) is 0 Å². The van der Waals surface area contributed by atoms with Crippen molar-refractivity contribution >= 4 is 19.8 Å². The number of unbranched alkanes of at least 4 members (excludes halogenated alkanes) is 25. The number of hydrogen-bond acceptors (Lipinski definition) is 6. The van der Waals surface area contributed by atoms with E-state index in [1.165, 1.54) is 122 Å². The molecule has 0 saturated heterocycles. The van der Waals surface area contributed by atoms with Crippen LogP contribution in [0.15, 0.2) is 36.5 Å². The third-order valence-electron chi connectivity index (χ3n) is 9.67. The van der Waals surface area contributed by atoms with Crippen LogP contribution in [-0.2, 0) is 28.2 Å². The minimum atomic E-state index is -4.76. The summed E-state index contributed by atoms with van der Waals surface area (Å²) in [6, 6.07) is 0. The molecule has 2 N–H and O–H groups in total. The molecule has 0 aliphatic heterocycles. The third-order valence-corrected chi connectivity index (χ3v) is 10.2. The van der Waals surface area contributed by atoms with Crippen LogP contribution in [-0.4, -0.2) is 41.0 Å². The number of hydrogen-bond donors (Lipinski definition) is 2. The summed E-state index contributed by atoms with van der Waals surface area (Å²) in [6.45, 7) is 3.59. The molecule has 0 amide bonds. The maximum absolute atomic E-state index is 12.4. The molecule has 0 heterocycles. The summed E-state index contributed by atoms with van der Waals surface area (Å²) in [7, 11) is -4.76. The highest BCUT2D eigenvalue weighted by Crippen LogP contribution is 2.36. The van der Waals surface area contributed by atoms with E-state index in [4.69, 9.17) is 19.3 Å². The van der Waals surface area contributed by atoms with E-state index in [0.29, 0.717) is 6.42 Å². The van der Waals surface area contributed by atoms with Crippen LogP contribution >= 0.6 is 7.82 Å². The zero-order chi connectivity index (χ0) is 39.6. The van der Waals surface area contributed by atoms with Gasteiger partial charge in [0.05, 0.1) is 6.61 Å². The first-order valence-electron chi connectivity index (χ1n) is 22.3. The predicted molar refractivity (Wildman–Crippen MR) is 225 cm³/mol. The van der Waals surface area contributed by atoms with Gasteiger partial charge >= 0.3 is 19.8 Å². The minimum absolute atomic E-state index is 0.202. The summed E-state index contributed by atoms with van der Waals surface area (Å²) in [5.74, 6) is -0.887. The van der Waals surface area contributed by atoms with Crippen LogP contribution in [0.5, 0.6) is 0 Å². The first kappa shape index (κ1) is 52.3. The summed E-state index contributed by atoms with van der Waals surface area (Å²) in [4.78, 5) is 42.9. The highest BCUT2D eigenvalue weighted by atomic mass is 31.2. The number of phosphoric acid groups is 1. The molecule has 0 fully saturated rings. The standard InChI is InChI=1S/C45H83O8P/c1-3-5-7-9-11-13-15-17-19-21-22-24-25-27-29-31-33-35-37-39-44(46)51-41-43(42-52-54(48,49)50)53-45(47)40-38-36-34-32-30-28-26-23-20-18-16-14-12-10-8-6-4-2/h6,8,12,14,18,20,43H,3-5,7,9-11,13,15-17,19,21-42H2,1-2H3,(H2,48,49,50)/b8-6-,14-12-,20-18-. The van der Waals surface area contributed by atoms with Crippen LogP contribution < -0.4 is 0 Å². The molecular weight excluding hydrogens is 699 g/mol. The molecule has 1 unspecified atom stereocenters. The van der Waals surface area contributed by atoms with Crippen LogP contribution in [0.3, 0.4) is 0 Å². The first-order valence-corrected chi connectivity index (χ1v) is 23.8. The summed E-state index contributed by atoms with van der Waals surface area (Å²) in [5.41, 5.74) is 0. The Labute approximate surface area is 332 Å². The van der Waals surface area contributed by atoms with Gasteiger partial charge in [-0.2, -0.15) is 0 Å². The van der Waals surface area contributed by atoms with Gasteiger partial charge in [-0.05, 0) is 44.9 Å². The lowest BCUT2D eigenvalue weighted by Gasteiger charge is -2.18. The van der Waals surface area contributed by atoms with Crippen molar-refractivity contribution < 1.29 is 37.9 Å². The van der Waals surface area contributed by atoms with E-state index in [2.05, 4.69) is 54.8 Å². The van der Waals surface area contributed by atoms with E-state index in [9.17, 15) is 14.2 Å². The fourth-order valence-corrected chi connectivity index (χ4v) is 6.75. The molecule has 0 aliphatic rings. The largest absolute Gasteiger partial charge is 0.469 e. The maximum Gasteiger partial charge on any atom is 0.469 e. The molecule has 8 nitrogen and oxygen atoms in total. The molecule has 0 aliphatic carbocycles. The highest BCUT2D eigenvalue weighted by molar-refractivity contribution is 7.46. The molecule has 54 heavy (non-hydrogen) atoms. The number of esters is 2. The number of rotatable bonds is 41. The highest BCUT2D eigenvalue weighted by Gasteiger charge is 2.22. The monoisotopic (exact) mass is 783 g/mol. The SMILES string of the molecule is CC/C=C\C/C=C\C/C=C\CCCCCCCCCC(=O)OC(COC(=O)CCCCCCCCCCCCCCCCCCCCC)COP(=O)(O)O. The molecule has 0 aromatic heterocycles. The van der Waals surface area contributed by atoms with Crippen LogP contribution in [0.2, 0.25) is 0 Å². The summed E-state index contributed by atoms with van der Waals surface area (Å²) >= 11 is 0. The number of carbonyl (C=O) groups excluding carboxylic acids is 2. The van der Waals surface area contributed by atoms with Crippen molar-refractivity contribution in [1.29, 1.82) is 0 Å². The lowest BCUT2D eigenvalue weighted by Crippen LogP contribution is -2.29. The molecule has 316 valence electrons. The second-order valence-corrected chi connectivity index (χ2v) is 16.2. The Morgan fingerprint density at radius 2 is 0.889 bits per heavy atom. The smallest absolute Gasteiger partial charge is 0.462 e. The third kappa shape index (κ3) is 43.0. The Kier molecular flexibility index (Phi) is 39.6. The van der Waals surface area contributed by atoms with Gasteiger partial charge in [-0.3, -0.25) is 14.1 Å². The fourth-order valence-electron chi connectivity index (χ4n) is 6.39. The zero-order valence-corrected chi connectivity index (χ0v) is 35.8. The Hall–Kier alpha value is -1.73. The second-order valence-electron chi connectivity index (χ2n) is 15.0. The van der Waals surface area contributed by atoms with E-state index in [1.54, 1.807) is 0 Å². The Morgan fingerprint density at radius 1 is 0.500 bits per heavy atom. The van der Waals surface area contributed by atoms with E-state index in [1.807, 2.05) is 0 Å². The van der Waals surface area contributed by atoms with Crippen LogP contribution in [0.25, 0.3) is 0 Å². The average molecular weight is 783 g/mol. The van der Waals surface area contributed by atoms with Crippen molar-refractivity contribution in [2.75, 3.05) is 13.2 Å². The lowest BCUT2D eigenvalue weighted by atomic mass is 10.0. The maximum atomic E-state index is 12.4. The number of carbonyl (C=O) groups is 2. The van der Waals surface area contributed by atoms with Gasteiger partial charge < -0.3 is 19.3 Å². The van der Waals surface area contributed by atoms with E-state index < -0.39 is 32.5 Å². The summed E-state index contributed by atoms with van der Waals surface area (Å²) < 4.78 is 26.4. The number of phosphoric ester groups is 1. The van der Waals surface area contributed by atoms with Gasteiger partial charge in [0.15, 0.2) is 6.10 Å². The topological polar surface area (TPSA) is 119 Å². The van der Waals surface area contributed by atoms with Gasteiger partial charge in [0.2, 0.25) is 0 Å². The van der Waals surface area contributed by atoms with Crippen molar-refractivity contribution in [2.24, 2.45) is 0 Å².